The Morgan fingerprint density at radius 2 is 1.90 bits per heavy atom. The first-order valence-electron chi connectivity index (χ1n) is 7.34. The maximum Gasteiger partial charge on any atom is 0.254 e. The summed E-state index contributed by atoms with van der Waals surface area (Å²) >= 11 is 11.9. The molecular weight excluding hydrogens is 309 g/mol. The van der Waals surface area contributed by atoms with Crippen LogP contribution in [0.15, 0.2) is 12.1 Å². The Morgan fingerprint density at radius 3 is 2.57 bits per heavy atom. The molecule has 2 saturated heterocycles. The molecule has 2 aliphatic heterocycles. The summed E-state index contributed by atoms with van der Waals surface area (Å²) in [7, 11) is 0. The number of carbonyl (C=O) groups is 1. The molecule has 0 radical (unpaired) electrons. The Bertz CT molecular complexity index is 535. The van der Waals surface area contributed by atoms with Gasteiger partial charge >= 0.3 is 0 Å². The lowest BCUT2D eigenvalue weighted by molar-refractivity contribution is 0.0780. The molecule has 2 heterocycles. The number of amides is 1. The van der Waals surface area contributed by atoms with Crippen LogP contribution < -0.4 is 5.73 Å². The molecule has 4 nitrogen and oxygen atoms in total. The van der Waals surface area contributed by atoms with E-state index in [-0.39, 0.29) is 5.91 Å². The monoisotopic (exact) mass is 327 g/mol. The largest absolute Gasteiger partial charge is 0.397 e. The van der Waals surface area contributed by atoms with Crippen LogP contribution in [0.1, 0.15) is 29.6 Å². The third kappa shape index (κ3) is 2.98. The Morgan fingerprint density at radius 1 is 1.19 bits per heavy atom. The van der Waals surface area contributed by atoms with Crippen LogP contribution in [0.25, 0.3) is 0 Å². The minimum atomic E-state index is -0.0121. The van der Waals surface area contributed by atoms with Crippen LogP contribution in [0, 0.1) is 0 Å². The summed E-state index contributed by atoms with van der Waals surface area (Å²) in [5.41, 5.74) is 6.66. The van der Waals surface area contributed by atoms with Gasteiger partial charge in [0.05, 0.1) is 15.7 Å². The van der Waals surface area contributed by atoms with E-state index in [9.17, 15) is 4.79 Å². The van der Waals surface area contributed by atoms with Crippen LogP contribution in [0.4, 0.5) is 5.69 Å². The van der Waals surface area contributed by atoms with E-state index in [2.05, 4.69) is 4.90 Å². The molecule has 1 atom stereocenters. The number of hydrogen-bond donors (Lipinski definition) is 1. The first-order chi connectivity index (χ1) is 10.1. The molecule has 114 valence electrons. The van der Waals surface area contributed by atoms with Crippen LogP contribution in [0.5, 0.6) is 0 Å². The van der Waals surface area contributed by atoms with Gasteiger partial charge in [-0.1, -0.05) is 23.2 Å². The van der Waals surface area contributed by atoms with Crippen LogP contribution in [0.2, 0.25) is 10.0 Å². The molecule has 1 aromatic carbocycles. The van der Waals surface area contributed by atoms with Crippen molar-refractivity contribution < 1.29 is 4.79 Å². The Labute approximate surface area is 134 Å². The third-order valence-electron chi connectivity index (χ3n) is 4.41. The lowest BCUT2D eigenvalue weighted by Crippen LogP contribution is -2.37. The summed E-state index contributed by atoms with van der Waals surface area (Å²) in [4.78, 5) is 17.0. The van der Waals surface area contributed by atoms with Gasteiger partial charge in [-0.3, -0.25) is 9.69 Å². The number of benzene rings is 1. The molecule has 1 amide bonds. The maximum atomic E-state index is 12.6. The van der Waals surface area contributed by atoms with Gasteiger partial charge in [0, 0.05) is 24.7 Å². The predicted molar refractivity (Wildman–Crippen MR) is 86.0 cm³/mol. The SMILES string of the molecule is Nc1cc(C(=O)N2CCC(N3CCCC3)C2)cc(Cl)c1Cl. The van der Waals surface area contributed by atoms with Gasteiger partial charge in [-0.15, -0.1) is 0 Å². The molecule has 0 spiro atoms. The summed E-state index contributed by atoms with van der Waals surface area (Å²) in [5.74, 6) is -0.0121. The van der Waals surface area contributed by atoms with E-state index >= 15 is 0 Å². The number of nitrogens with two attached hydrogens (primary N) is 1. The summed E-state index contributed by atoms with van der Waals surface area (Å²) < 4.78 is 0. The molecule has 0 aliphatic carbocycles. The van der Waals surface area contributed by atoms with Gasteiger partial charge in [0.15, 0.2) is 0 Å². The molecular formula is C15H19Cl2N3O. The van der Waals surface area contributed by atoms with E-state index in [0.717, 1.165) is 32.6 Å². The van der Waals surface area contributed by atoms with E-state index in [0.29, 0.717) is 27.3 Å². The minimum Gasteiger partial charge on any atom is -0.397 e. The van der Waals surface area contributed by atoms with Gasteiger partial charge in [0.25, 0.3) is 5.91 Å². The number of anilines is 1. The quantitative estimate of drug-likeness (QED) is 0.850. The predicted octanol–water partition coefficient (Wildman–Crippen LogP) is 2.89. The molecule has 1 unspecified atom stereocenters. The maximum absolute atomic E-state index is 12.6. The average molecular weight is 328 g/mol. The highest BCUT2D eigenvalue weighted by Crippen LogP contribution is 2.30. The standard InChI is InChI=1S/C15H19Cl2N3O/c16-12-7-10(8-13(18)14(12)17)15(21)20-6-3-11(9-20)19-4-1-2-5-19/h7-8,11H,1-6,9,18H2. The second kappa shape index (κ2) is 6.03. The van der Waals surface area contributed by atoms with E-state index < -0.39 is 0 Å². The fourth-order valence-corrected chi connectivity index (χ4v) is 3.58. The van der Waals surface area contributed by atoms with Crippen LogP contribution in [0.3, 0.4) is 0 Å². The molecule has 6 heteroatoms. The fourth-order valence-electron chi connectivity index (χ4n) is 3.25. The Balaban J connectivity index is 1.71. The van der Waals surface area contributed by atoms with E-state index in [1.807, 2.05) is 4.90 Å². The van der Waals surface area contributed by atoms with Crippen molar-refractivity contribution in [1.82, 2.24) is 9.80 Å². The number of carbonyl (C=O) groups excluding carboxylic acids is 1. The number of hydrogen-bond acceptors (Lipinski definition) is 3. The fraction of sp³-hybridized carbons (Fsp3) is 0.533. The van der Waals surface area contributed by atoms with Crippen molar-refractivity contribution in [2.45, 2.75) is 25.3 Å². The lowest BCUT2D eigenvalue weighted by Gasteiger charge is -2.23. The molecule has 0 saturated carbocycles. The topological polar surface area (TPSA) is 49.6 Å². The number of nitrogens with zero attached hydrogens (tertiary/aromatic N) is 2. The second-order valence-electron chi connectivity index (χ2n) is 5.80. The van der Waals surface area contributed by atoms with Gasteiger partial charge < -0.3 is 10.6 Å². The average Bonchev–Trinajstić information content (AvgIpc) is 3.13. The van der Waals surface area contributed by atoms with Crippen molar-refractivity contribution in [3.8, 4) is 0 Å². The second-order valence-corrected chi connectivity index (χ2v) is 6.58. The van der Waals surface area contributed by atoms with Crippen LogP contribution in [-0.2, 0) is 0 Å². The zero-order chi connectivity index (χ0) is 15.0. The summed E-state index contributed by atoms with van der Waals surface area (Å²) in [5, 5.41) is 0.639. The Hall–Kier alpha value is -0.970. The van der Waals surface area contributed by atoms with E-state index in [1.54, 1.807) is 12.1 Å². The molecule has 0 bridgehead atoms. The molecule has 21 heavy (non-hydrogen) atoms. The minimum absolute atomic E-state index is 0.0121. The zero-order valence-corrected chi connectivity index (χ0v) is 13.3. The molecule has 2 N–H and O–H groups in total. The van der Waals surface area contributed by atoms with Crippen molar-refractivity contribution in [3.05, 3.63) is 27.7 Å². The van der Waals surface area contributed by atoms with Crippen molar-refractivity contribution >= 4 is 34.8 Å². The number of nitrogen functional groups attached to an aromatic ring is 1. The van der Waals surface area contributed by atoms with Crippen molar-refractivity contribution in [2.75, 3.05) is 31.9 Å². The van der Waals surface area contributed by atoms with Crippen LogP contribution >= 0.6 is 23.2 Å². The first kappa shape index (κ1) is 14.9. The highest BCUT2D eigenvalue weighted by Gasteiger charge is 2.32. The van der Waals surface area contributed by atoms with E-state index in [4.69, 9.17) is 28.9 Å². The van der Waals surface area contributed by atoms with Crippen molar-refractivity contribution in [3.63, 3.8) is 0 Å². The van der Waals surface area contributed by atoms with Gasteiger partial charge in [0.2, 0.25) is 0 Å². The molecule has 1 aromatic rings. The highest BCUT2D eigenvalue weighted by atomic mass is 35.5. The van der Waals surface area contributed by atoms with Crippen molar-refractivity contribution in [1.29, 1.82) is 0 Å². The first-order valence-corrected chi connectivity index (χ1v) is 8.09. The van der Waals surface area contributed by atoms with Gasteiger partial charge in [-0.2, -0.15) is 0 Å². The van der Waals surface area contributed by atoms with Crippen molar-refractivity contribution in [2.24, 2.45) is 0 Å². The highest BCUT2D eigenvalue weighted by molar-refractivity contribution is 6.43. The summed E-state index contributed by atoms with van der Waals surface area (Å²) in [6.07, 6.45) is 3.59. The van der Waals surface area contributed by atoms with Gasteiger partial charge in [-0.05, 0) is 44.5 Å². The molecule has 3 rings (SSSR count). The Kier molecular flexibility index (Phi) is 4.29. The van der Waals surface area contributed by atoms with Gasteiger partial charge in [0.1, 0.15) is 0 Å². The third-order valence-corrected chi connectivity index (χ3v) is 5.23. The summed E-state index contributed by atoms with van der Waals surface area (Å²) in [6.45, 7) is 3.90. The summed E-state index contributed by atoms with van der Waals surface area (Å²) in [6, 6.07) is 3.71. The molecule has 0 aromatic heterocycles. The normalized spacial score (nSPS) is 23.0. The number of rotatable bonds is 2. The zero-order valence-electron chi connectivity index (χ0n) is 11.8. The number of halogens is 2. The van der Waals surface area contributed by atoms with Gasteiger partial charge in [-0.25, -0.2) is 0 Å². The molecule has 2 fully saturated rings. The number of likely N-dealkylation sites (tertiary alicyclic amines) is 2. The lowest BCUT2D eigenvalue weighted by atomic mass is 10.2. The van der Waals surface area contributed by atoms with E-state index in [1.165, 1.54) is 12.8 Å². The smallest absolute Gasteiger partial charge is 0.254 e. The van der Waals surface area contributed by atoms with Crippen LogP contribution in [-0.4, -0.2) is 47.9 Å². The molecule has 2 aliphatic rings.